The zero-order valence-electron chi connectivity index (χ0n) is 22.3. The number of rotatable bonds is 25. The number of amides is 2. The molecule has 0 saturated heterocycles. The molecular formula is C29H55N3O2. The van der Waals surface area contributed by atoms with Crippen molar-refractivity contribution in [3.05, 3.63) is 24.8 Å². The molecular weight excluding hydrogens is 422 g/mol. The van der Waals surface area contributed by atoms with Crippen molar-refractivity contribution in [1.29, 1.82) is 0 Å². The minimum absolute atomic E-state index is 0.0170. The standard InChI is InChI=1S/C29H55N3O2/c1-3-5-7-8-9-10-11-12-13-14-15-16-17-18-19-24-28(33)32-27(23-20-21-25-30)29(34)31-26-22-6-4-2/h4,12-13,27H,2-3,5-11,14-26,30H2,1H3,(H,31,34)(H,32,33)/b13-12-/t27-/m0/s1. The molecule has 0 aromatic carbocycles. The van der Waals surface area contributed by atoms with Gasteiger partial charge in [0.2, 0.25) is 11.8 Å². The van der Waals surface area contributed by atoms with Gasteiger partial charge < -0.3 is 16.4 Å². The van der Waals surface area contributed by atoms with Crippen LogP contribution >= 0.6 is 0 Å². The van der Waals surface area contributed by atoms with Crippen molar-refractivity contribution in [3.63, 3.8) is 0 Å². The molecule has 5 nitrogen and oxygen atoms in total. The first-order valence-electron chi connectivity index (χ1n) is 14.2. The molecule has 0 unspecified atom stereocenters. The van der Waals surface area contributed by atoms with Crippen LogP contribution in [0, 0.1) is 0 Å². The summed E-state index contributed by atoms with van der Waals surface area (Å²) in [5.41, 5.74) is 5.57. The van der Waals surface area contributed by atoms with Gasteiger partial charge in [-0.05, 0) is 70.8 Å². The number of hydrogen-bond acceptors (Lipinski definition) is 3. The molecule has 1 atom stereocenters. The molecule has 0 aliphatic heterocycles. The molecule has 5 heteroatoms. The van der Waals surface area contributed by atoms with Crippen LogP contribution in [-0.4, -0.2) is 30.9 Å². The Morgan fingerprint density at radius 1 is 0.794 bits per heavy atom. The summed E-state index contributed by atoms with van der Waals surface area (Å²) in [5, 5.41) is 5.88. The average molecular weight is 478 g/mol. The van der Waals surface area contributed by atoms with Crippen LogP contribution in [-0.2, 0) is 9.59 Å². The van der Waals surface area contributed by atoms with Crippen molar-refractivity contribution in [3.8, 4) is 0 Å². The molecule has 0 aliphatic rings. The Balaban J connectivity index is 3.83. The fourth-order valence-electron chi connectivity index (χ4n) is 3.97. The van der Waals surface area contributed by atoms with Gasteiger partial charge in [-0.1, -0.05) is 76.5 Å². The summed E-state index contributed by atoms with van der Waals surface area (Å²) >= 11 is 0. The predicted octanol–water partition coefficient (Wildman–Crippen LogP) is 6.72. The summed E-state index contributed by atoms with van der Waals surface area (Å²) in [4.78, 5) is 24.8. The zero-order valence-corrected chi connectivity index (χ0v) is 22.3. The van der Waals surface area contributed by atoms with E-state index in [9.17, 15) is 9.59 Å². The summed E-state index contributed by atoms with van der Waals surface area (Å²) < 4.78 is 0. The van der Waals surface area contributed by atoms with Crippen LogP contribution in [0.2, 0.25) is 0 Å². The molecule has 0 saturated carbocycles. The molecule has 0 aliphatic carbocycles. The van der Waals surface area contributed by atoms with Gasteiger partial charge >= 0.3 is 0 Å². The van der Waals surface area contributed by atoms with Crippen molar-refractivity contribution in [2.45, 2.75) is 135 Å². The van der Waals surface area contributed by atoms with Crippen molar-refractivity contribution in [2.24, 2.45) is 5.73 Å². The summed E-state index contributed by atoms with van der Waals surface area (Å²) in [6.07, 6.45) is 27.3. The number of hydrogen-bond donors (Lipinski definition) is 3. The first-order chi connectivity index (χ1) is 16.7. The highest BCUT2D eigenvalue weighted by Gasteiger charge is 2.19. The van der Waals surface area contributed by atoms with E-state index in [0.29, 0.717) is 25.9 Å². The second-order valence-electron chi connectivity index (χ2n) is 9.46. The van der Waals surface area contributed by atoms with E-state index >= 15 is 0 Å². The summed E-state index contributed by atoms with van der Waals surface area (Å²) in [7, 11) is 0. The van der Waals surface area contributed by atoms with E-state index in [-0.39, 0.29) is 11.8 Å². The SMILES string of the molecule is C=CCCCNC(=O)[C@H](CCCCN)NC(=O)CCCCCCC/C=C\CCCCCCCC. The quantitative estimate of drug-likeness (QED) is 0.101. The van der Waals surface area contributed by atoms with E-state index < -0.39 is 6.04 Å². The van der Waals surface area contributed by atoms with Crippen molar-refractivity contribution < 1.29 is 9.59 Å². The van der Waals surface area contributed by atoms with Gasteiger partial charge in [-0.2, -0.15) is 0 Å². The van der Waals surface area contributed by atoms with Crippen LogP contribution in [0.25, 0.3) is 0 Å². The first kappa shape index (κ1) is 32.4. The van der Waals surface area contributed by atoms with E-state index in [0.717, 1.165) is 38.5 Å². The molecule has 0 heterocycles. The highest BCUT2D eigenvalue weighted by atomic mass is 16.2. The van der Waals surface area contributed by atoms with Crippen molar-refractivity contribution in [1.82, 2.24) is 10.6 Å². The third kappa shape index (κ3) is 22.2. The molecule has 34 heavy (non-hydrogen) atoms. The van der Waals surface area contributed by atoms with Gasteiger partial charge in [-0.25, -0.2) is 0 Å². The van der Waals surface area contributed by atoms with Gasteiger partial charge in [0, 0.05) is 13.0 Å². The maximum atomic E-state index is 12.5. The summed E-state index contributed by atoms with van der Waals surface area (Å²) in [6.45, 7) is 7.18. The molecule has 0 aromatic rings. The molecule has 0 fully saturated rings. The zero-order chi connectivity index (χ0) is 25.1. The van der Waals surface area contributed by atoms with Crippen LogP contribution in [0.4, 0.5) is 0 Å². The molecule has 0 bridgehead atoms. The Hall–Kier alpha value is -1.62. The molecule has 0 rings (SSSR count). The van der Waals surface area contributed by atoms with Crippen LogP contribution in [0.1, 0.15) is 129 Å². The maximum absolute atomic E-state index is 12.5. The highest BCUT2D eigenvalue weighted by Crippen LogP contribution is 2.10. The molecule has 198 valence electrons. The third-order valence-corrected chi connectivity index (χ3v) is 6.15. The molecule has 0 aromatic heterocycles. The van der Waals surface area contributed by atoms with Gasteiger partial charge in [0.1, 0.15) is 6.04 Å². The Morgan fingerprint density at radius 3 is 2.03 bits per heavy atom. The largest absolute Gasteiger partial charge is 0.354 e. The Morgan fingerprint density at radius 2 is 1.41 bits per heavy atom. The Bertz CT molecular complexity index is 520. The van der Waals surface area contributed by atoms with E-state index in [1.165, 1.54) is 70.6 Å². The number of allylic oxidation sites excluding steroid dienone is 3. The van der Waals surface area contributed by atoms with Gasteiger partial charge in [-0.15, -0.1) is 6.58 Å². The van der Waals surface area contributed by atoms with Gasteiger partial charge in [0.05, 0.1) is 0 Å². The molecule has 0 spiro atoms. The first-order valence-corrected chi connectivity index (χ1v) is 14.2. The minimum Gasteiger partial charge on any atom is -0.354 e. The fourth-order valence-corrected chi connectivity index (χ4v) is 3.97. The Kier molecular flexibility index (Phi) is 24.8. The maximum Gasteiger partial charge on any atom is 0.242 e. The number of nitrogens with two attached hydrogens (primary N) is 1. The fraction of sp³-hybridized carbons (Fsp3) is 0.793. The lowest BCUT2D eigenvalue weighted by atomic mass is 10.1. The second-order valence-corrected chi connectivity index (χ2v) is 9.46. The van der Waals surface area contributed by atoms with Crippen LogP contribution in [0.5, 0.6) is 0 Å². The van der Waals surface area contributed by atoms with E-state index in [1.807, 2.05) is 6.08 Å². The number of unbranched alkanes of at least 4 members (excludes halogenated alkanes) is 13. The van der Waals surface area contributed by atoms with Crippen LogP contribution < -0.4 is 16.4 Å². The summed E-state index contributed by atoms with van der Waals surface area (Å²) in [5.74, 6) is -0.101. The minimum atomic E-state index is -0.453. The van der Waals surface area contributed by atoms with Crippen LogP contribution in [0.3, 0.4) is 0 Å². The van der Waals surface area contributed by atoms with Gasteiger partial charge in [0.25, 0.3) is 0 Å². The van der Waals surface area contributed by atoms with E-state index in [4.69, 9.17) is 5.73 Å². The lowest BCUT2D eigenvalue weighted by Crippen LogP contribution is -2.47. The lowest BCUT2D eigenvalue weighted by molar-refractivity contribution is -0.129. The smallest absolute Gasteiger partial charge is 0.242 e. The van der Waals surface area contributed by atoms with E-state index in [1.54, 1.807) is 0 Å². The number of nitrogens with one attached hydrogen (secondary N) is 2. The van der Waals surface area contributed by atoms with Crippen LogP contribution in [0.15, 0.2) is 24.8 Å². The van der Waals surface area contributed by atoms with Gasteiger partial charge in [-0.3, -0.25) is 9.59 Å². The normalized spacial score (nSPS) is 12.1. The number of carbonyl (C=O) groups is 2. The Labute approximate surface area is 210 Å². The second kappa shape index (κ2) is 26.0. The van der Waals surface area contributed by atoms with E-state index in [2.05, 4.69) is 36.3 Å². The highest BCUT2D eigenvalue weighted by molar-refractivity contribution is 5.87. The van der Waals surface area contributed by atoms with Crippen molar-refractivity contribution >= 4 is 11.8 Å². The predicted molar refractivity (Wildman–Crippen MR) is 147 cm³/mol. The van der Waals surface area contributed by atoms with Crippen molar-refractivity contribution in [2.75, 3.05) is 13.1 Å². The number of carbonyl (C=O) groups excluding carboxylic acids is 2. The third-order valence-electron chi connectivity index (χ3n) is 6.15. The topological polar surface area (TPSA) is 84.2 Å². The molecule has 2 amide bonds. The average Bonchev–Trinajstić information content (AvgIpc) is 2.83. The lowest BCUT2D eigenvalue weighted by Gasteiger charge is -2.18. The summed E-state index contributed by atoms with van der Waals surface area (Å²) in [6, 6.07) is -0.453. The monoisotopic (exact) mass is 477 g/mol. The molecule has 0 radical (unpaired) electrons. The molecule has 4 N–H and O–H groups in total. The van der Waals surface area contributed by atoms with Gasteiger partial charge in [0.15, 0.2) is 0 Å².